The molecule has 22 heavy (non-hydrogen) atoms. The fourth-order valence-corrected chi connectivity index (χ4v) is 2.38. The van der Waals surface area contributed by atoms with Crippen molar-refractivity contribution in [2.75, 3.05) is 20.6 Å². The molecule has 1 unspecified atom stereocenters. The average Bonchev–Trinajstić information content (AvgIpc) is 2.79. The van der Waals surface area contributed by atoms with Gasteiger partial charge in [-0.1, -0.05) is 12.1 Å². The summed E-state index contributed by atoms with van der Waals surface area (Å²) in [4.78, 5) is 13.6. The topological polar surface area (TPSA) is 44.4 Å². The first kappa shape index (κ1) is 16.8. The SMILES string of the molecule is CN(C)Cc1ccc(CNC(=O)C2CC(F)(F)CN2)cc1F. The summed E-state index contributed by atoms with van der Waals surface area (Å²) in [6, 6.07) is 3.85. The summed E-state index contributed by atoms with van der Waals surface area (Å²) in [6.45, 7) is 0.111. The average molecular weight is 315 g/mol. The van der Waals surface area contributed by atoms with Crippen molar-refractivity contribution in [2.24, 2.45) is 0 Å². The molecular weight excluding hydrogens is 295 g/mol. The predicted molar refractivity (Wildman–Crippen MR) is 77.0 cm³/mol. The van der Waals surface area contributed by atoms with Crippen LogP contribution in [0.4, 0.5) is 13.2 Å². The minimum absolute atomic E-state index is 0.113. The van der Waals surface area contributed by atoms with E-state index in [4.69, 9.17) is 0 Å². The molecule has 7 heteroatoms. The maximum absolute atomic E-state index is 13.9. The van der Waals surface area contributed by atoms with Crippen LogP contribution in [0.15, 0.2) is 18.2 Å². The fraction of sp³-hybridized carbons (Fsp3) is 0.533. The van der Waals surface area contributed by atoms with Crippen LogP contribution in [0.3, 0.4) is 0 Å². The quantitative estimate of drug-likeness (QED) is 0.865. The molecule has 122 valence electrons. The lowest BCUT2D eigenvalue weighted by Gasteiger charge is -2.13. The zero-order chi connectivity index (χ0) is 16.3. The number of rotatable bonds is 5. The Bertz CT molecular complexity index is 549. The molecule has 0 aromatic heterocycles. The van der Waals surface area contributed by atoms with Crippen molar-refractivity contribution in [2.45, 2.75) is 31.5 Å². The molecule has 1 amide bonds. The van der Waals surface area contributed by atoms with Gasteiger partial charge in [-0.3, -0.25) is 10.1 Å². The molecule has 0 bridgehead atoms. The minimum atomic E-state index is -2.85. The lowest BCUT2D eigenvalue weighted by atomic mass is 10.1. The Morgan fingerprint density at radius 3 is 2.73 bits per heavy atom. The zero-order valence-corrected chi connectivity index (χ0v) is 12.6. The van der Waals surface area contributed by atoms with E-state index < -0.39 is 30.8 Å². The maximum atomic E-state index is 13.9. The molecule has 0 spiro atoms. The third kappa shape index (κ3) is 4.45. The Balaban J connectivity index is 1.89. The number of carbonyl (C=O) groups excluding carboxylic acids is 1. The van der Waals surface area contributed by atoms with Crippen LogP contribution in [0.2, 0.25) is 0 Å². The summed E-state index contributed by atoms with van der Waals surface area (Å²) in [5.41, 5.74) is 1.16. The molecular formula is C15H20F3N3O. The lowest BCUT2D eigenvalue weighted by molar-refractivity contribution is -0.123. The maximum Gasteiger partial charge on any atom is 0.262 e. The van der Waals surface area contributed by atoms with E-state index in [1.807, 2.05) is 19.0 Å². The standard InChI is InChI=1S/C15H20F3N3O/c1-21(2)8-11-4-3-10(5-12(11)16)7-19-14(22)13-6-15(17,18)9-20-13/h3-5,13,20H,6-9H2,1-2H3,(H,19,22). The van der Waals surface area contributed by atoms with Crippen LogP contribution in [-0.2, 0) is 17.9 Å². The van der Waals surface area contributed by atoms with Gasteiger partial charge < -0.3 is 10.2 Å². The van der Waals surface area contributed by atoms with Crippen molar-refractivity contribution in [3.8, 4) is 0 Å². The molecule has 1 atom stereocenters. The molecule has 0 radical (unpaired) electrons. The van der Waals surface area contributed by atoms with Gasteiger partial charge in [-0.2, -0.15) is 0 Å². The highest BCUT2D eigenvalue weighted by Gasteiger charge is 2.42. The largest absolute Gasteiger partial charge is 0.351 e. The molecule has 1 aromatic rings. The van der Waals surface area contributed by atoms with Crippen molar-refractivity contribution in [1.82, 2.24) is 15.5 Å². The fourth-order valence-electron chi connectivity index (χ4n) is 2.38. The minimum Gasteiger partial charge on any atom is -0.351 e. The number of alkyl halides is 2. The third-order valence-corrected chi connectivity index (χ3v) is 3.50. The number of hydrogen-bond donors (Lipinski definition) is 2. The van der Waals surface area contributed by atoms with E-state index in [0.717, 1.165) is 0 Å². The van der Waals surface area contributed by atoms with Crippen molar-refractivity contribution in [3.63, 3.8) is 0 Å². The van der Waals surface area contributed by atoms with E-state index in [9.17, 15) is 18.0 Å². The second kappa shape index (κ2) is 6.66. The number of nitrogens with one attached hydrogen (secondary N) is 2. The molecule has 4 nitrogen and oxygen atoms in total. The molecule has 1 aromatic carbocycles. The first-order chi connectivity index (χ1) is 10.3. The summed E-state index contributed by atoms with van der Waals surface area (Å²) < 4.78 is 39.9. The van der Waals surface area contributed by atoms with Crippen molar-refractivity contribution >= 4 is 5.91 Å². The Labute approximate surface area is 127 Å². The molecule has 2 rings (SSSR count). The van der Waals surface area contributed by atoms with Crippen LogP contribution in [0.1, 0.15) is 17.5 Å². The number of benzene rings is 1. The Morgan fingerprint density at radius 2 is 2.18 bits per heavy atom. The van der Waals surface area contributed by atoms with E-state index in [-0.39, 0.29) is 12.4 Å². The van der Waals surface area contributed by atoms with Crippen LogP contribution >= 0.6 is 0 Å². The summed E-state index contributed by atoms with van der Waals surface area (Å²) >= 11 is 0. The van der Waals surface area contributed by atoms with Gasteiger partial charge in [-0.05, 0) is 25.7 Å². The second-order valence-electron chi connectivity index (χ2n) is 5.87. The van der Waals surface area contributed by atoms with E-state index in [2.05, 4.69) is 10.6 Å². The van der Waals surface area contributed by atoms with E-state index in [1.165, 1.54) is 6.07 Å². The normalized spacial score (nSPS) is 20.4. The molecule has 1 saturated heterocycles. The lowest BCUT2D eigenvalue weighted by Crippen LogP contribution is -2.40. The molecule has 1 aliphatic heterocycles. The highest BCUT2D eigenvalue weighted by atomic mass is 19.3. The molecule has 1 heterocycles. The Hall–Kier alpha value is -1.60. The molecule has 1 aliphatic rings. The van der Waals surface area contributed by atoms with Crippen LogP contribution in [0, 0.1) is 5.82 Å². The zero-order valence-electron chi connectivity index (χ0n) is 12.6. The van der Waals surface area contributed by atoms with Crippen molar-refractivity contribution in [3.05, 3.63) is 35.1 Å². The van der Waals surface area contributed by atoms with Gasteiger partial charge in [-0.15, -0.1) is 0 Å². The molecule has 2 N–H and O–H groups in total. The summed E-state index contributed by atoms with van der Waals surface area (Å²) in [7, 11) is 3.69. The van der Waals surface area contributed by atoms with E-state index >= 15 is 0 Å². The molecule has 0 aliphatic carbocycles. The third-order valence-electron chi connectivity index (χ3n) is 3.50. The number of carbonyl (C=O) groups is 1. The number of amides is 1. The van der Waals surface area contributed by atoms with Gasteiger partial charge in [0, 0.05) is 25.1 Å². The second-order valence-corrected chi connectivity index (χ2v) is 5.87. The van der Waals surface area contributed by atoms with Gasteiger partial charge in [0.1, 0.15) is 5.82 Å². The summed E-state index contributed by atoms with van der Waals surface area (Å²) in [6.07, 6.45) is -0.505. The molecule has 0 saturated carbocycles. The summed E-state index contributed by atoms with van der Waals surface area (Å²) in [5, 5.41) is 5.04. The molecule has 1 fully saturated rings. The van der Waals surface area contributed by atoms with Gasteiger partial charge >= 0.3 is 0 Å². The van der Waals surface area contributed by atoms with Gasteiger partial charge in [0.05, 0.1) is 12.6 Å². The highest BCUT2D eigenvalue weighted by molar-refractivity contribution is 5.82. The Kier molecular flexibility index (Phi) is 5.08. The first-order valence-corrected chi connectivity index (χ1v) is 7.08. The summed E-state index contributed by atoms with van der Waals surface area (Å²) in [5.74, 6) is -3.68. The van der Waals surface area contributed by atoms with Gasteiger partial charge in [0.15, 0.2) is 0 Å². The van der Waals surface area contributed by atoms with Gasteiger partial charge in [0.2, 0.25) is 5.91 Å². The number of hydrogen-bond acceptors (Lipinski definition) is 3. The van der Waals surface area contributed by atoms with Gasteiger partial charge in [0.25, 0.3) is 5.92 Å². The first-order valence-electron chi connectivity index (χ1n) is 7.08. The van der Waals surface area contributed by atoms with Crippen molar-refractivity contribution < 1.29 is 18.0 Å². The highest BCUT2D eigenvalue weighted by Crippen LogP contribution is 2.25. The number of nitrogens with zero attached hydrogens (tertiary/aromatic N) is 1. The van der Waals surface area contributed by atoms with Crippen LogP contribution in [0.5, 0.6) is 0 Å². The van der Waals surface area contributed by atoms with E-state index in [1.54, 1.807) is 12.1 Å². The smallest absolute Gasteiger partial charge is 0.262 e. The van der Waals surface area contributed by atoms with Crippen molar-refractivity contribution in [1.29, 1.82) is 0 Å². The Morgan fingerprint density at radius 1 is 1.45 bits per heavy atom. The predicted octanol–water partition coefficient (Wildman–Crippen LogP) is 1.50. The number of halogens is 3. The van der Waals surface area contributed by atoms with Crippen LogP contribution in [-0.4, -0.2) is 43.4 Å². The van der Waals surface area contributed by atoms with Crippen LogP contribution in [0.25, 0.3) is 0 Å². The van der Waals surface area contributed by atoms with Crippen LogP contribution < -0.4 is 10.6 Å². The monoisotopic (exact) mass is 315 g/mol. The van der Waals surface area contributed by atoms with E-state index in [0.29, 0.717) is 17.7 Å². The van der Waals surface area contributed by atoms with Gasteiger partial charge in [-0.25, -0.2) is 13.2 Å².